The number of hydrogen-bond donors (Lipinski definition) is 0. The number of hydrogen-bond acceptors (Lipinski definition) is 3. The van der Waals surface area contributed by atoms with Crippen molar-refractivity contribution in [3.8, 4) is 0 Å². The lowest BCUT2D eigenvalue weighted by Crippen LogP contribution is -2.13. The van der Waals surface area contributed by atoms with Gasteiger partial charge in [-0.1, -0.05) is 30.3 Å². The van der Waals surface area contributed by atoms with Crippen LogP contribution >= 0.6 is 0 Å². The molecule has 0 aliphatic carbocycles. The lowest BCUT2D eigenvalue weighted by atomic mass is 10.0. The first-order chi connectivity index (χ1) is 6.24. The second kappa shape index (κ2) is 4.35. The van der Waals surface area contributed by atoms with Crippen LogP contribution in [0.1, 0.15) is 11.5 Å². The van der Waals surface area contributed by atoms with Gasteiger partial charge in [0.15, 0.2) is 0 Å². The fourth-order valence-electron chi connectivity index (χ4n) is 1.09. The topological polar surface area (TPSA) is 60.2 Å². The molecule has 0 radical (unpaired) electrons. The van der Waals surface area contributed by atoms with Gasteiger partial charge in [-0.15, -0.1) is 0 Å². The first kappa shape index (κ1) is 9.38. The highest BCUT2D eigenvalue weighted by atomic mass is 16.6. The summed E-state index contributed by atoms with van der Waals surface area (Å²) < 4.78 is 0. The number of carbonyl (C=O) groups excluding carboxylic acids is 1. The fraction of sp³-hybridized carbons (Fsp3) is 0.222. The zero-order chi connectivity index (χ0) is 9.68. The Bertz CT molecular complexity index is 297. The van der Waals surface area contributed by atoms with Gasteiger partial charge < -0.3 is 4.79 Å². The maximum atomic E-state index is 10.5. The summed E-state index contributed by atoms with van der Waals surface area (Å²) in [6, 6.07) is 8.74. The molecule has 0 amide bonds. The van der Waals surface area contributed by atoms with Crippen molar-refractivity contribution in [3.05, 3.63) is 46.0 Å². The molecule has 0 saturated heterocycles. The molecule has 4 nitrogen and oxygen atoms in total. The molecule has 68 valence electrons. The largest absolute Gasteiger partial charge is 0.302 e. The number of aldehydes is 1. The average molecular weight is 179 g/mol. The molecule has 4 heteroatoms. The van der Waals surface area contributed by atoms with Crippen LogP contribution in [0.4, 0.5) is 0 Å². The van der Waals surface area contributed by atoms with E-state index in [1.807, 2.05) is 0 Å². The van der Waals surface area contributed by atoms with Crippen LogP contribution in [0.25, 0.3) is 0 Å². The number of rotatable bonds is 4. The van der Waals surface area contributed by atoms with Gasteiger partial charge >= 0.3 is 0 Å². The molecule has 1 unspecified atom stereocenters. The molecule has 1 aromatic carbocycles. The summed E-state index contributed by atoms with van der Waals surface area (Å²) in [4.78, 5) is 20.2. The molecular weight excluding hydrogens is 170 g/mol. The maximum absolute atomic E-state index is 10.5. The van der Waals surface area contributed by atoms with Gasteiger partial charge in [0.05, 0.1) is 0 Å². The van der Waals surface area contributed by atoms with Crippen LogP contribution in [0.5, 0.6) is 0 Å². The summed E-state index contributed by atoms with van der Waals surface area (Å²) in [5.74, 6) is -0.629. The zero-order valence-corrected chi connectivity index (χ0v) is 6.92. The van der Waals surface area contributed by atoms with Crippen molar-refractivity contribution in [3.63, 3.8) is 0 Å². The van der Waals surface area contributed by atoms with E-state index in [1.165, 1.54) is 0 Å². The Kier molecular flexibility index (Phi) is 3.14. The van der Waals surface area contributed by atoms with Gasteiger partial charge in [0.25, 0.3) is 0 Å². The van der Waals surface area contributed by atoms with E-state index in [0.29, 0.717) is 11.8 Å². The lowest BCUT2D eigenvalue weighted by molar-refractivity contribution is -0.481. The first-order valence-electron chi connectivity index (χ1n) is 3.86. The summed E-state index contributed by atoms with van der Waals surface area (Å²) in [6.07, 6.45) is 0.609. The second-order valence-corrected chi connectivity index (χ2v) is 2.67. The molecule has 1 atom stereocenters. The number of nitro groups is 1. The smallest absolute Gasteiger partial charge is 0.217 e. The minimum Gasteiger partial charge on any atom is -0.302 e. The standard InChI is InChI=1S/C9H9NO3/c11-7-9(6-10(12)13)8-4-2-1-3-5-8/h1-5,7,9H,6H2. The van der Waals surface area contributed by atoms with Crippen LogP contribution in [0.15, 0.2) is 30.3 Å². The lowest BCUT2D eigenvalue weighted by Gasteiger charge is -2.04. The maximum Gasteiger partial charge on any atom is 0.217 e. The summed E-state index contributed by atoms with van der Waals surface area (Å²) >= 11 is 0. The highest BCUT2D eigenvalue weighted by Crippen LogP contribution is 2.12. The molecule has 0 saturated carbocycles. The molecule has 0 aliphatic heterocycles. The minimum absolute atomic E-state index is 0.340. The van der Waals surface area contributed by atoms with Gasteiger partial charge in [-0.05, 0) is 5.56 Å². The van der Waals surface area contributed by atoms with Gasteiger partial charge in [-0.2, -0.15) is 0 Å². The van der Waals surface area contributed by atoms with Gasteiger partial charge in [-0.3, -0.25) is 10.1 Å². The van der Waals surface area contributed by atoms with E-state index in [-0.39, 0.29) is 6.54 Å². The van der Waals surface area contributed by atoms with Gasteiger partial charge in [0.1, 0.15) is 12.2 Å². The van der Waals surface area contributed by atoms with E-state index >= 15 is 0 Å². The molecule has 0 heterocycles. The van der Waals surface area contributed by atoms with Crippen molar-refractivity contribution < 1.29 is 9.72 Å². The molecule has 0 fully saturated rings. The number of carbonyl (C=O) groups is 1. The zero-order valence-electron chi connectivity index (χ0n) is 6.92. The van der Waals surface area contributed by atoms with Crippen molar-refractivity contribution in [2.75, 3.05) is 6.54 Å². The Hall–Kier alpha value is -1.71. The third-order valence-corrected chi connectivity index (χ3v) is 1.74. The SMILES string of the molecule is O=CC(C[N+](=O)[O-])c1ccccc1. The van der Waals surface area contributed by atoms with Crippen LogP contribution in [0.2, 0.25) is 0 Å². The van der Waals surface area contributed by atoms with Gasteiger partial charge in [-0.25, -0.2) is 0 Å². The van der Waals surface area contributed by atoms with Crippen molar-refractivity contribution in [1.82, 2.24) is 0 Å². The van der Waals surface area contributed by atoms with Crippen LogP contribution in [-0.2, 0) is 4.79 Å². The normalized spacial score (nSPS) is 12.0. The van der Waals surface area contributed by atoms with E-state index in [2.05, 4.69) is 0 Å². The Morgan fingerprint density at radius 1 is 1.38 bits per heavy atom. The molecule has 0 bridgehead atoms. The highest BCUT2D eigenvalue weighted by Gasteiger charge is 2.15. The van der Waals surface area contributed by atoms with E-state index in [9.17, 15) is 14.9 Å². The monoisotopic (exact) mass is 179 g/mol. The van der Waals surface area contributed by atoms with E-state index in [4.69, 9.17) is 0 Å². The summed E-state index contributed by atoms with van der Waals surface area (Å²) in [5, 5.41) is 10.2. The highest BCUT2D eigenvalue weighted by molar-refractivity contribution is 5.62. The molecule has 1 rings (SSSR count). The van der Waals surface area contributed by atoms with Crippen molar-refractivity contribution in [1.29, 1.82) is 0 Å². The van der Waals surface area contributed by atoms with Gasteiger partial charge in [0, 0.05) is 4.92 Å². The van der Waals surface area contributed by atoms with Crippen molar-refractivity contribution in [2.24, 2.45) is 0 Å². The molecule has 1 aromatic rings. The third-order valence-electron chi connectivity index (χ3n) is 1.74. The molecule has 0 spiro atoms. The minimum atomic E-state index is -0.629. The summed E-state index contributed by atoms with van der Waals surface area (Å²) in [5.41, 5.74) is 0.689. The molecule has 0 N–H and O–H groups in total. The molecule has 0 aliphatic rings. The van der Waals surface area contributed by atoms with Gasteiger partial charge in [0.2, 0.25) is 6.54 Å². The third kappa shape index (κ3) is 2.66. The predicted molar refractivity (Wildman–Crippen MR) is 47.1 cm³/mol. The molecular formula is C9H9NO3. The Morgan fingerprint density at radius 3 is 2.46 bits per heavy atom. The Balaban J connectivity index is 2.78. The van der Waals surface area contributed by atoms with E-state index < -0.39 is 10.8 Å². The van der Waals surface area contributed by atoms with Crippen LogP contribution in [0, 0.1) is 10.1 Å². The van der Waals surface area contributed by atoms with Crippen molar-refractivity contribution >= 4 is 6.29 Å². The van der Waals surface area contributed by atoms with Crippen molar-refractivity contribution in [2.45, 2.75) is 5.92 Å². The molecule has 13 heavy (non-hydrogen) atoms. The first-order valence-corrected chi connectivity index (χ1v) is 3.86. The molecule has 0 aromatic heterocycles. The van der Waals surface area contributed by atoms with Crippen LogP contribution in [-0.4, -0.2) is 17.8 Å². The van der Waals surface area contributed by atoms with E-state index in [1.54, 1.807) is 30.3 Å². The summed E-state index contributed by atoms with van der Waals surface area (Å²) in [6.45, 7) is -0.340. The number of nitrogens with zero attached hydrogens (tertiary/aromatic N) is 1. The Labute approximate surface area is 75.3 Å². The Morgan fingerprint density at radius 2 is 2.00 bits per heavy atom. The average Bonchev–Trinajstić information content (AvgIpc) is 2.15. The predicted octanol–water partition coefficient (Wildman–Crippen LogP) is 1.25. The van der Waals surface area contributed by atoms with E-state index in [0.717, 1.165) is 0 Å². The quantitative estimate of drug-likeness (QED) is 0.397. The fourth-order valence-corrected chi connectivity index (χ4v) is 1.09. The van der Waals surface area contributed by atoms with Crippen LogP contribution in [0.3, 0.4) is 0 Å². The van der Waals surface area contributed by atoms with Crippen LogP contribution < -0.4 is 0 Å². The second-order valence-electron chi connectivity index (χ2n) is 2.67. The summed E-state index contributed by atoms with van der Waals surface area (Å²) in [7, 11) is 0. The number of benzene rings is 1.